The minimum absolute atomic E-state index is 0.507. The number of hydrogen-bond donors (Lipinski definition) is 1. The maximum Gasteiger partial charge on any atom is 0.416 e. The van der Waals surface area contributed by atoms with Gasteiger partial charge in [-0.1, -0.05) is 23.5 Å². The Balaban J connectivity index is 2.02. The molecule has 0 fully saturated rings. The number of anilines is 1. The molecular formula is C12H11F3N2S2. The Morgan fingerprint density at radius 3 is 2.37 bits per heavy atom. The van der Waals surface area contributed by atoms with Gasteiger partial charge in [-0.3, -0.25) is 0 Å². The fraction of sp³-hybridized carbons (Fsp3) is 0.250. The molecule has 7 heteroatoms. The van der Waals surface area contributed by atoms with Crippen LogP contribution in [0.4, 0.5) is 18.3 Å². The van der Waals surface area contributed by atoms with Crippen molar-refractivity contribution in [3.8, 4) is 0 Å². The topological polar surface area (TPSA) is 38.9 Å². The van der Waals surface area contributed by atoms with E-state index in [0.29, 0.717) is 10.9 Å². The van der Waals surface area contributed by atoms with Crippen LogP contribution in [0.5, 0.6) is 0 Å². The summed E-state index contributed by atoms with van der Waals surface area (Å²) in [6, 6.07) is 5.19. The van der Waals surface area contributed by atoms with E-state index in [9.17, 15) is 13.2 Å². The number of nitrogen functional groups attached to an aromatic ring is 1. The molecule has 1 aromatic heterocycles. The van der Waals surface area contributed by atoms with Gasteiger partial charge in [-0.2, -0.15) is 13.2 Å². The van der Waals surface area contributed by atoms with Gasteiger partial charge in [-0.05, 0) is 24.6 Å². The van der Waals surface area contributed by atoms with E-state index in [1.807, 2.05) is 6.92 Å². The Morgan fingerprint density at radius 2 is 1.89 bits per heavy atom. The summed E-state index contributed by atoms with van der Waals surface area (Å²) in [5.74, 6) is 0.598. The number of thiazole rings is 1. The van der Waals surface area contributed by atoms with Crippen LogP contribution in [0.3, 0.4) is 0 Å². The molecular weight excluding hydrogens is 293 g/mol. The van der Waals surface area contributed by atoms with Gasteiger partial charge in [0.25, 0.3) is 0 Å². The van der Waals surface area contributed by atoms with Crippen molar-refractivity contribution in [1.29, 1.82) is 0 Å². The second kappa shape index (κ2) is 5.42. The average molecular weight is 304 g/mol. The van der Waals surface area contributed by atoms with E-state index in [1.165, 1.54) is 35.2 Å². The lowest BCUT2D eigenvalue weighted by Crippen LogP contribution is -2.04. The van der Waals surface area contributed by atoms with Gasteiger partial charge < -0.3 is 5.73 Å². The molecule has 0 bridgehead atoms. The average Bonchev–Trinajstić information content (AvgIpc) is 2.65. The molecule has 1 heterocycles. The highest BCUT2D eigenvalue weighted by Crippen LogP contribution is 2.34. The number of aromatic nitrogens is 1. The van der Waals surface area contributed by atoms with Crippen LogP contribution < -0.4 is 5.73 Å². The third kappa shape index (κ3) is 3.63. The Labute approximate surface area is 116 Å². The smallest absolute Gasteiger partial charge is 0.375 e. The van der Waals surface area contributed by atoms with Gasteiger partial charge in [0.2, 0.25) is 0 Å². The molecule has 102 valence electrons. The monoisotopic (exact) mass is 304 g/mol. The molecule has 0 spiro atoms. The SMILES string of the molecule is Cc1nc(N)sc1SCc1ccc(C(F)(F)F)cc1. The zero-order valence-corrected chi connectivity index (χ0v) is 11.6. The van der Waals surface area contributed by atoms with Crippen molar-refractivity contribution >= 4 is 28.2 Å². The van der Waals surface area contributed by atoms with Crippen molar-refractivity contribution in [2.24, 2.45) is 0 Å². The summed E-state index contributed by atoms with van der Waals surface area (Å²) in [5.41, 5.74) is 6.66. The molecule has 19 heavy (non-hydrogen) atoms. The summed E-state index contributed by atoms with van der Waals surface area (Å²) in [5, 5.41) is 0.507. The predicted octanol–water partition coefficient (Wildman–Crippen LogP) is 4.34. The molecule has 0 aliphatic carbocycles. The van der Waals surface area contributed by atoms with E-state index in [2.05, 4.69) is 4.98 Å². The molecule has 0 radical (unpaired) electrons. The third-order valence-corrected chi connectivity index (χ3v) is 4.84. The highest BCUT2D eigenvalue weighted by atomic mass is 32.2. The number of rotatable bonds is 3. The van der Waals surface area contributed by atoms with Crippen LogP contribution in [-0.4, -0.2) is 4.98 Å². The Bertz CT molecular complexity index is 561. The Hall–Kier alpha value is -1.21. The van der Waals surface area contributed by atoms with Crippen LogP contribution in [0.25, 0.3) is 0 Å². The van der Waals surface area contributed by atoms with E-state index in [-0.39, 0.29) is 0 Å². The maximum absolute atomic E-state index is 12.4. The van der Waals surface area contributed by atoms with Gasteiger partial charge in [0.1, 0.15) is 0 Å². The normalized spacial score (nSPS) is 11.8. The minimum Gasteiger partial charge on any atom is -0.375 e. The lowest BCUT2D eigenvalue weighted by molar-refractivity contribution is -0.137. The fourth-order valence-corrected chi connectivity index (χ4v) is 3.45. The molecule has 2 rings (SSSR count). The fourth-order valence-electron chi connectivity index (χ4n) is 1.48. The number of nitrogens with two attached hydrogens (primary N) is 1. The van der Waals surface area contributed by atoms with Crippen molar-refractivity contribution < 1.29 is 13.2 Å². The van der Waals surface area contributed by atoms with Crippen molar-refractivity contribution in [3.05, 3.63) is 41.1 Å². The molecule has 0 unspecified atom stereocenters. The lowest BCUT2D eigenvalue weighted by atomic mass is 10.1. The number of benzene rings is 1. The zero-order valence-electron chi connectivity index (χ0n) is 9.99. The lowest BCUT2D eigenvalue weighted by Gasteiger charge is -2.07. The van der Waals surface area contributed by atoms with Crippen LogP contribution in [0.15, 0.2) is 28.5 Å². The second-order valence-corrected chi connectivity index (χ2v) is 6.18. The number of thioether (sulfide) groups is 1. The summed E-state index contributed by atoms with van der Waals surface area (Å²) < 4.78 is 38.2. The van der Waals surface area contributed by atoms with Crippen LogP contribution in [0.2, 0.25) is 0 Å². The molecule has 0 amide bonds. The van der Waals surface area contributed by atoms with Gasteiger partial charge in [-0.15, -0.1) is 11.8 Å². The number of hydrogen-bond acceptors (Lipinski definition) is 4. The second-order valence-electron chi connectivity index (χ2n) is 3.91. The quantitative estimate of drug-likeness (QED) is 0.857. The van der Waals surface area contributed by atoms with Crippen LogP contribution in [-0.2, 0) is 11.9 Å². The van der Waals surface area contributed by atoms with Crippen molar-refractivity contribution in [3.63, 3.8) is 0 Å². The van der Waals surface area contributed by atoms with E-state index in [1.54, 1.807) is 0 Å². The molecule has 0 saturated heterocycles. The summed E-state index contributed by atoms with van der Waals surface area (Å²) in [6.07, 6.45) is -4.28. The van der Waals surface area contributed by atoms with Gasteiger partial charge in [0, 0.05) is 5.75 Å². The molecule has 2 N–H and O–H groups in total. The van der Waals surface area contributed by atoms with Crippen molar-refractivity contribution in [2.75, 3.05) is 5.73 Å². The Kier molecular flexibility index (Phi) is 4.05. The first-order valence-electron chi connectivity index (χ1n) is 5.38. The van der Waals surface area contributed by atoms with Crippen LogP contribution in [0.1, 0.15) is 16.8 Å². The van der Waals surface area contributed by atoms with Gasteiger partial charge in [-0.25, -0.2) is 4.98 Å². The number of halogens is 3. The largest absolute Gasteiger partial charge is 0.416 e. The van der Waals surface area contributed by atoms with Crippen LogP contribution >= 0.6 is 23.1 Å². The molecule has 2 nitrogen and oxygen atoms in total. The van der Waals surface area contributed by atoms with E-state index >= 15 is 0 Å². The molecule has 2 aromatic rings. The van der Waals surface area contributed by atoms with Gasteiger partial charge >= 0.3 is 6.18 Å². The van der Waals surface area contributed by atoms with Crippen molar-refractivity contribution in [2.45, 2.75) is 23.1 Å². The summed E-state index contributed by atoms with van der Waals surface area (Å²) in [7, 11) is 0. The highest BCUT2D eigenvalue weighted by molar-refractivity contribution is 8.00. The summed E-state index contributed by atoms with van der Waals surface area (Å²) in [6.45, 7) is 1.86. The number of nitrogens with zero attached hydrogens (tertiary/aromatic N) is 1. The van der Waals surface area contributed by atoms with E-state index in [0.717, 1.165) is 27.6 Å². The number of alkyl halides is 3. The van der Waals surface area contributed by atoms with E-state index < -0.39 is 11.7 Å². The molecule has 0 aliphatic heterocycles. The van der Waals surface area contributed by atoms with Crippen molar-refractivity contribution in [1.82, 2.24) is 4.98 Å². The summed E-state index contributed by atoms with van der Waals surface area (Å²) >= 11 is 2.92. The summed E-state index contributed by atoms with van der Waals surface area (Å²) in [4.78, 5) is 4.10. The first-order valence-corrected chi connectivity index (χ1v) is 7.18. The predicted molar refractivity (Wildman–Crippen MR) is 72.3 cm³/mol. The number of aryl methyl sites for hydroxylation is 1. The molecule has 0 atom stereocenters. The first kappa shape index (κ1) is 14.2. The molecule has 0 aliphatic rings. The highest BCUT2D eigenvalue weighted by Gasteiger charge is 2.29. The van der Waals surface area contributed by atoms with Gasteiger partial charge in [0.05, 0.1) is 15.5 Å². The third-order valence-electron chi connectivity index (χ3n) is 2.42. The molecule has 0 saturated carbocycles. The maximum atomic E-state index is 12.4. The first-order chi connectivity index (χ1) is 8.86. The van der Waals surface area contributed by atoms with Crippen LogP contribution in [0, 0.1) is 6.92 Å². The Morgan fingerprint density at radius 1 is 1.26 bits per heavy atom. The zero-order chi connectivity index (χ0) is 14.0. The van der Waals surface area contributed by atoms with E-state index in [4.69, 9.17) is 5.73 Å². The van der Waals surface area contributed by atoms with Gasteiger partial charge in [0.15, 0.2) is 5.13 Å². The standard InChI is InChI=1S/C12H11F3N2S2/c1-7-10(19-11(16)17-7)18-6-8-2-4-9(5-3-8)12(13,14)15/h2-5H,6H2,1H3,(H2,16,17). The molecule has 1 aromatic carbocycles. The minimum atomic E-state index is -4.28.